The highest BCUT2D eigenvalue weighted by atomic mass is 16.3. The normalized spacial score (nSPS) is 22.2. The number of hydrogen-bond donors (Lipinski definition) is 2. The Labute approximate surface area is 102 Å². The Kier molecular flexibility index (Phi) is 3.67. The van der Waals surface area contributed by atoms with Crippen LogP contribution in [0.25, 0.3) is 0 Å². The van der Waals surface area contributed by atoms with Crippen LogP contribution in [0, 0.1) is 5.92 Å². The van der Waals surface area contributed by atoms with Crippen molar-refractivity contribution in [2.24, 2.45) is 5.92 Å². The predicted octanol–water partition coefficient (Wildman–Crippen LogP) is 2.24. The van der Waals surface area contributed by atoms with Crippen LogP contribution in [-0.4, -0.2) is 17.1 Å². The molecule has 1 aromatic rings. The minimum absolute atomic E-state index is 0.0548. The maximum absolute atomic E-state index is 11.7. The monoisotopic (exact) mass is 233 g/mol. The summed E-state index contributed by atoms with van der Waals surface area (Å²) < 4.78 is 0. The molecule has 92 valence electrons. The Morgan fingerprint density at radius 1 is 1.53 bits per heavy atom. The van der Waals surface area contributed by atoms with Gasteiger partial charge in [-0.3, -0.25) is 4.79 Å². The van der Waals surface area contributed by atoms with E-state index in [9.17, 15) is 9.90 Å². The van der Waals surface area contributed by atoms with Crippen molar-refractivity contribution >= 4 is 5.91 Å². The molecule has 1 amide bonds. The Balaban J connectivity index is 1.78. The summed E-state index contributed by atoms with van der Waals surface area (Å²) in [7, 11) is 0. The summed E-state index contributed by atoms with van der Waals surface area (Å²) in [6, 6.07) is 7.25. The number of nitrogens with one attached hydrogen (secondary N) is 1. The van der Waals surface area contributed by atoms with Crippen LogP contribution in [0.15, 0.2) is 24.3 Å². The molecule has 1 aromatic carbocycles. The lowest BCUT2D eigenvalue weighted by molar-refractivity contribution is -0.120. The molecule has 0 bridgehead atoms. The van der Waals surface area contributed by atoms with E-state index < -0.39 is 0 Å². The number of phenols is 1. The fourth-order valence-electron chi connectivity index (χ4n) is 2.22. The molecule has 3 heteroatoms. The zero-order valence-electron chi connectivity index (χ0n) is 10.1. The molecule has 0 heterocycles. The quantitative estimate of drug-likeness (QED) is 0.819. The highest BCUT2D eigenvalue weighted by molar-refractivity contribution is 5.79. The number of phenolic OH excluding ortho intramolecular Hbond substituents is 1. The van der Waals surface area contributed by atoms with Crippen LogP contribution in [0.3, 0.4) is 0 Å². The molecule has 1 saturated carbocycles. The fourth-order valence-corrected chi connectivity index (χ4v) is 2.22. The second-order valence-corrected chi connectivity index (χ2v) is 4.81. The topological polar surface area (TPSA) is 49.3 Å². The highest BCUT2D eigenvalue weighted by Gasteiger charge is 2.36. The third kappa shape index (κ3) is 3.48. The summed E-state index contributed by atoms with van der Waals surface area (Å²) in [6.45, 7) is 2.17. The van der Waals surface area contributed by atoms with E-state index in [1.54, 1.807) is 18.2 Å². The summed E-state index contributed by atoms with van der Waals surface area (Å²) in [5.74, 6) is 0.956. The van der Waals surface area contributed by atoms with Gasteiger partial charge in [0.25, 0.3) is 0 Å². The van der Waals surface area contributed by atoms with Crippen molar-refractivity contribution in [2.75, 3.05) is 0 Å². The smallest absolute Gasteiger partial charge is 0.224 e. The molecule has 2 rings (SSSR count). The molecule has 0 aliphatic heterocycles. The first kappa shape index (κ1) is 12.0. The molecule has 3 nitrogen and oxygen atoms in total. The Hall–Kier alpha value is -1.51. The van der Waals surface area contributed by atoms with Crippen LogP contribution in [0.1, 0.15) is 31.7 Å². The average Bonchev–Trinajstić information content (AvgIpc) is 2.96. The Bertz CT molecular complexity index is 403. The van der Waals surface area contributed by atoms with Gasteiger partial charge in [0.15, 0.2) is 0 Å². The number of hydrogen-bond acceptors (Lipinski definition) is 2. The molecule has 1 aliphatic rings. The summed E-state index contributed by atoms with van der Waals surface area (Å²) in [5, 5.41) is 12.3. The van der Waals surface area contributed by atoms with Crippen LogP contribution in [0.2, 0.25) is 0 Å². The van der Waals surface area contributed by atoms with Gasteiger partial charge in [0.1, 0.15) is 5.75 Å². The standard InChI is InChI=1S/C14H19NO2/c1-2-4-11-9-13(11)15-14(17)8-10-5-3-6-12(16)7-10/h3,5-7,11,13,16H,2,4,8-9H2,1H3,(H,15,17). The fraction of sp³-hybridized carbons (Fsp3) is 0.500. The number of carbonyl (C=O) groups is 1. The van der Waals surface area contributed by atoms with Crippen LogP contribution in [0.4, 0.5) is 0 Å². The number of amides is 1. The van der Waals surface area contributed by atoms with E-state index in [2.05, 4.69) is 12.2 Å². The number of rotatable bonds is 5. The van der Waals surface area contributed by atoms with E-state index in [-0.39, 0.29) is 11.7 Å². The third-order valence-corrected chi connectivity index (χ3v) is 3.20. The summed E-state index contributed by atoms with van der Waals surface area (Å²) in [4.78, 5) is 11.7. The van der Waals surface area contributed by atoms with Gasteiger partial charge >= 0.3 is 0 Å². The van der Waals surface area contributed by atoms with E-state index >= 15 is 0 Å². The minimum Gasteiger partial charge on any atom is -0.508 e. The van der Waals surface area contributed by atoms with Crippen LogP contribution in [-0.2, 0) is 11.2 Å². The molecular weight excluding hydrogens is 214 g/mol. The second kappa shape index (κ2) is 5.21. The molecule has 2 unspecified atom stereocenters. The van der Waals surface area contributed by atoms with Crippen LogP contribution < -0.4 is 5.32 Å². The first-order chi connectivity index (χ1) is 8.19. The average molecular weight is 233 g/mol. The van der Waals surface area contributed by atoms with Gasteiger partial charge in [0.05, 0.1) is 6.42 Å². The molecule has 0 aromatic heterocycles. The van der Waals surface area contributed by atoms with E-state index in [1.807, 2.05) is 6.07 Å². The van der Waals surface area contributed by atoms with Gasteiger partial charge in [0.2, 0.25) is 5.91 Å². The molecule has 0 spiro atoms. The van der Waals surface area contributed by atoms with E-state index in [1.165, 1.54) is 12.8 Å². The SMILES string of the molecule is CCCC1CC1NC(=O)Cc1cccc(O)c1. The predicted molar refractivity (Wildman–Crippen MR) is 66.8 cm³/mol. The van der Waals surface area contributed by atoms with Gasteiger partial charge in [0, 0.05) is 6.04 Å². The maximum atomic E-state index is 11.7. The molecule has 2 atom stereocenters. The number of benzene rings is 1. The van der Waals surface area contributed by atoms with Gasteiger partial charge in [-0.2, -0.15) is 0 Å². The van der Waals surface area contributed by atoms with E-state index in [4.69, 9.17) is 0 Å². The van der Waals surface area contributed by atoms with Crippen molar-refractivity contribution in [3.63, 3.8) is 0 Å². The van der Waals surface area contributed by atoms with Crippen LogP contribution >= 0.6 is 0 Å². The van der Waals surface area contributed by atoms with Gasteiger partial charge in [-0.1, -0.05) is 25.5 Å². The molecule has 2 N–H and O–H groups in total. The number of aromatic hydroxyl groups is 1. The third-order valence-electron chi connectivity index (χ3n) is 3.20. The molecule has 17 heavy (non-hydrogen) atoms. The van der Waals surface area contributed by atoms with Crippen molar-refractivity contribution in [1.82, 2.24) is 5.32 Å². The van der Waals surface area contributed by atoms with Gasteiger partial charge < -0.3 is 10.4 Å². The largest absolute Gasteiger partial charge is 0.508 e. The number of carbonyl (C=O) groups excluding carboxylic acids is 1. The van der Waals surface area contributed by atoms with Crippen molar-refractivity contribution < 1.29 is 9.90 Å². The molecular formula is C14H19NO2. The summed E-state index contributed by atoms with van der Waals surface area (Å²) >= 11 is 0. The zero-order valence-corrected chi connectivity index (χ0v) is 10.1. The maximum Gasteiger partial charge on any atom is 0.224 e. The van der Waals surface area contributed by atoms with Crippen LogP contribution in [0.5, 0.6) is 5.75 Å². The lowest BCUT2D eigenvalue weighted by atomic mass is 10.1. The highest BCUT2D eigenvalue weighted by Crippen LogP contribution is 2.34. The Morgan fingerprint density at radius 2 is 2.35 bits per heavy atom. The lowest BCUT2D eigenvalue weighted by Crippen LogP contribution is -2.28. The first-order valence-corrected chi connectivity index (χ1v) is 6.26. The Morgan fingerprint density at radius 3 is 3.06 bits per heavy atom. The molecule has 0 saturated heterocycles. The van der Waals surface area contributed by atoms with E-state index in [0.717, 1.165) is 12.0 Å². The van der Waals surface area contributed by atoms with E-state index in [0.29, 0.717) is 18.4 Å². The summed E-state index contributed by atoms with van der Waals surface area (Å²) in [5.41, 5.74) is 0.857. The zero-order chi connectivity index (χ0) is 12.3. The van der Waals surface area contributed by atoms with Gasteiger partial charge in [-0.05, 0) is 36.5 Å². The molecule has 1 aliphatic carbocycles. The van der Waals surface area contributed by atoms with Crippen molar-refractivity contribution in [1.29, 1.82) is 0 Å². The second-order valence-electron chi connectivity index (χ2n) is 4.81. The first-order valence-electron chi connectivity index (χ1n) is 6.26. The minimum atomic E-state index is 0.0548. The van der Waals surface area contributed by atoms with Gasteiger partial charge in [-0.15, -0.1) is 0 Å². The lowest BCUT2D eigenvalue weighted by Gasteiger charge is -2.05. The molecule has 0 radical (unpaired) electrons. The van der Waals surface area contributed by atoms with Crippen molar-refractivity contribution in [3.8, 4) is 5.75 Å². The van der Waals surface area contributed by atoms with Gasteiger partial charge in [-0.25, -0.2) is 0 Å². The summed E-state index contributed by atoms with van der Waals surface area (Å²) in [6.07, 6.45) is 3.87. The molecule has 1 fully saturated rings. The van der Waals surface area contributed by atoms with Crippen molar-refractivity contribution in [3.05, 3.63) is 29.8 Å². The van der Waals surface area contributed by atoms with Crippen molar-refractivity contribution in [2.45, 2.75) is 38.6 Å².